The predicted molar refractivity (Wildman–Crippen MR) is 172 cm³/mol. The maximum Gasteiger partial charge on any atom is 0.294 e. The van der Waals surface area contributed by atoms with Crippen LogP contribution in [-0.2, 0) is 14.4 Å². The smallest absolute Gasteiger partial charge is 0.294 e. The number of ether oxygens (including phenoxy) is 2. The number of nitrogens with zero attached hydrogens (tertiary/aromatic N) is 1. The Bertz CT molecular complexity index is 1790. The molecular weight excluding hydrogens is 658 g/mol. The van der Waals surface area contributed by atoms with Crippen LogP contribution in [0.2, 0.25) is 5.02 Å². The van der Waals surface area contributed by atoms with Crippen molar-refractivity contribution in [3.63, 3.8) is 0 Å². The lowest BCUT2D eigenvalue weighted by Gasteiger charge is -2.13. The molecule has 0 spiro atoms. The summed E-state index contributed by atoms with van der Waals surface area (Å²) in [6.45, 7) is -0.709. The summed E-state index contributed by atoms with van der Waals surface area (Å²) in [4.78, 5) is 51.9. The zero-order valence-corrected chi connectivity index (χ0v) is 25.7. The monoisotopic (exact) mass is 679 g/mol. The number of fused-ring (bicyclic) bond motifs is 1. The minimum absolute atomic E-state index is 0.159. The first-order valence-electron chi connectivity index (χ1n) is 12.8. The Kier molecular flexibility index (Phi) is 9.34. The van der Waals surface area contributed by atoms with E-state index in [2.05, 4.69) is 26.6 Å². The van der Waals surface area contributed by atoms with Crippen molar-refractivity contribution in [2.24, 2.45) is 0 Å². The number of hydrogen-bond donors (Lipinski definition) is 2. The van der Waals surface area contributed by atoms with Crippen LogP contribution in [0, 0.1) is 0 Å². The van der Waals surface area contributed by atoms with Crippen LogP contribution in [0.4, 0.5) is 16.2 Å². The third kappa shape index (κ3) is 7.19. The quantitative estimate of drug-likeness (QED) is 0.184. The van der Waals surface area contributed by atoms with E-state index in [0.29, 0.717) is 37.9 Å². The highest BCUT2D eigenvalue weighted by molar-refractivity contribution is 9.10. The molecule has 1 fully saturated rings. The second-order valence-electron chi connectivity index (χ2n) is 9.22. The minimum Gasteiger partial charge on any atom is -0.493 e. The van der Waals surface area contributed by atoms with Crippen LogP contribution in [0.3, 0.4) is 0 Å². The van der Waals surface area contributed by atoms with Crippen LogP contribution in [-0.4, -0.2) is 48.1 Å². The predicted octanol–water partition coefficient (Wildman–Crippen LogP) is 6.96. The first-order chi connectivity index (χ1) is 20.7. The van der Waals surface area contributed by atoms with Crippen LogP contribution >= 0.6 is 39.3 Å². The van der Waals surface area contributed by atoms with Gasteiger partial charge in [-0.15, -0.1) is 0 Å². The van der Waals surface area contributed by atoms with Gasteiger partial charge in [0.2, 0.25) is 5.91 Å². The summed E-state index contributed by atoms with van der Waals surface area (Å²) in [7, 11) is 1.44. The van der Waals surface area contributed by atoms with E-state index in [0.717, 1.165) is 27.4 Å². The molecule has 1 saturated heterocycles. The minimum atomic E-state index is -0.577. The van der Waals surface area contributed by atoms with Gasteiger partial charge in [-0.3, -0.25) is 24.1 Å². The third-order valence-corrected chi connectivity index (χ3v) is 8.43. The van der Waals surface area contributed by atoms with Gasteiger partial charge < -0.3 is 20.1 Å². The molecule has 9 nitrogen and oxygen atoms in total. The number of methoxy groups -OCH3 is 1. The van der Waals surface area contributed by atoms with E-state index in [9.17, 15) is 19.2 Å². The second-order valence-corrected chi connectivity index (χ2v) is 11.5. The summed E-state index contributed by atoms with van der Waals surface area (Å²) in [5, 5.41) is 7.21. The summed E-state index contributed by atoms with van der Waals surface area (Å²) >= 11 is 10.1. The van der Waals surface area contributed by atoms with Crippen LogP contribution in [0.25, 0.3) is 16.8 Å². The van der Waals surface area contributed by atoms with E-state index in [-0.39, 0.29) is 11.5 Å². The average molecular weight is 681 g/mol. The zero-order chi connectivity index (χ0) is 30.5. The van der Waals surface area contributed by atoms with Gasteiger partial charge >= 0.3 is 0 Å². The topological polar surface area (TPSA) is 114 Å². The van der Waals surface area contributed by atoms with Crippen LogP contribution in [0.1, 0.15) is 5.56 Å². The second kappa shape index (κ2) is 13.3. The number of rotatable bonds is 9. The van der Waals surface area contributed by atoms with Gasteiger partial charge in [0, 0.05) is 21.2 Å². The van der Waals surface area contributed by atoms with Crippen molar-refractivity contribution >= 4 is 90.5 Å². The molecule has 2 N–H and O–H groups in total. The molecule has 0 atom stereocenters. The van der Waals surface area contributed by atoms with Gasteiger partial charge in [-0.05, 0) is 81.1 Å². The number of anilines is 2. The number of amides is 4. The molecule has 4 aromatic rings. The van der Waals surface area contributed by atoms with Crippen molar-refractivity contribution in [2.45, 2.75) is 0 Å². The van der Waals surface area contributed by atoms with E-state index >= 15 is 0 Å². The molecule has 1 aliphatic heterocycles. The Morgan fingerprint density at radius 3 is 2.53 bits per heavy atom. The number of halogens is 2. The van der Waals surface area contributed by atoms with E-state index < -0.39 is 29.5 Å². The number of nitrogens with one attached hydrogen (secondary N) is 2. The van der Waals surface area contributed by atoms with Crippen molar-refractivity contribution < 1.29 is 28.7 Å². The Labute approximate surface area is 264 Å². The van der Waals surface area contributed by atoms with Crippen LogP contribution < -0.4 is 20.1 Å². The lowest BCUT2D eigenvalue weighted by atomic mass is 10.1. The van der Waals surface area contributed by atoms with Gasteiger partial charge in [0.05, 0.1) is 17.0 Å². The lowest BCUT2D eigenvalue weighted by Crippen LogP contribution is -2.36. The molecule has 218 valence electrons. The summed E-state index contributed by atoms with van der Waals surface area (Å²) in [6, 6.07) is 23.0. The number of imide groups is 1. The molecule has 12 heteroatoms. The molecule has 0 saturated carbocycles. The summed E-state index contributed by atoms with van der Waals surface area (Å²) < 4.78 is 11.8. The molecule has 1 heterocycles. The first kappa shape index (κ1) is 30.1. The molecule has 0 unspecified atom stereocenters. The van der Waals surface area contributed by atoms with E-state index in [1.165, 1.54) is 13.2 Å². The molecule has 0 aromatic heterocycles. The highest BCUT2D eigenvalue weighted by atomic mass is 79.9. The summed E-state index contributed by atoms with van der Waals surface area (Å²) in [6.07, 6.45) is 1.53. The van der Waals surface area contributed by atoms with Gasteiger partial charge in [0.1, 0.15) is 6.54 Å². The van der Waals surface area contributed by atoms with Gasteiger partial charge in [-0.25, -0.2) is 0 Å². The highest BCUT2D eigenvalue weighted by Crippen LogP contribution is 2.35. The van der Waals surface area contributed by atoms with Gasteiger partial charge in [-0.2, -0.15) is 0 Å². The fourth-order valence-electron chi connectivity index (χ4n) is 4.26. The molecule has 4 amide bonds. The Hall–Kier alpha value is -4.32. The van der Waals surface area contributed by atoms with Gasteiger partial charge in [-0.1, -0.05) is 54.1 Å². The molecule has 43 heavy (non-hydrogen) atoms. The molecule has 1 aliphatic rings. The fourth-order valence-corrected chi connectivity index (χ4v) is 5.53. The summed E-state index contributed by atoms with van der Waals surface area (Å²) in [5.41, 5.74) is 1.67. The van der Waals surface area contributed by atoms with Crippen molar-refractivity contribution in [1.82, 2.24) is 4.90 Å². The van der Waals surface area contributed by atoms with E-state index in [4.69, 9.17) is 21.1 Å². The highest BCUT2D eigenvalue weighted by Gasteiger charge is 2.36. The normalized spacial score (nSPS) is 13.8. The van der Waals surface area contributed by atoms with E-state index in [1.54, 1.807) is 42.5 Å². The Balaban J connectivity index is 1.21. The van der Waals surface area contributed by atoms with Crippen molar-refractivity contribution in [1.29, 1.82) is 0 Å². The molecule has 0 radical (unpaired) electrons. The first-order valence-corrected chi connectivity index (χ1v) is 14.8. The lowest BCUT2D eigenvalue weighted by molar-refractivity contribution is -0.127. The zero-order valence-electron chi connectivity index (χ0n) is 22.6. The SMILES string of the molecule is COc1cc(/C=C2/SC(=O)N(CC(=O)Nc3cccc4ccccc34)C2=O)ccc1OCC(=O)Nc1ccc(Br)c(Cl)c1. The Morgan fingerprint density at radius 1 is 0.953 bits per heavy atom. The summed E-state index contributed by atoms with van der Waals surface area (Å²) in [5.74, 6) is -0.839. The third-order valence-electron chi connectivity index (χ3n) is 6.29. The maximum absolute atomic E-state index is 13.0. The number of carbonyl (C=O) groups is 4. The van der Waals surface area contributed by atoms with Crippen molar-refractivity contribution in [2.75, 3.05) is 30.9 Å². The number of thioether (sulfide) groups is 1. The molecule has 0 bridgehead atoms. The molecule has 0 aliphatic carbocycles. The fraction of sp³-hybridized carbons (Fsp3) is 0.0968. The van der Waals surface area contributed by atoms with Crippen molar-refractivity contribution in [3.8, 4) is 11.5 Å². The number of benzene rings is 4. The average Bonchev–Trinajstić information content (AvgIpc) is 3.25. The maximum atomic E-state index is 13.0. The number of hydrogen-bond acceptors (Lipinski definition) is 7. The molecule has 4 aromatic carbocycles. The van der Waals surface area contributed by atoms with Gasteiger partial charge in [0.15, 0.2) is 18.1 Å². The van der Waals surface area contributed by atoms with Gasteiger partial charge in [0.25, 0.3) is 17.1 Å². The number of carbonyl (C=O) groups excluding carboxylic acids is 4. The van der Waals surface area contributed by atoms with Crippen LogP contribution in [0.5, 0.6) is 11.5 Å². The standard InChI is InChI=1S/C31H23BrClN3O6S/c1-41-26-13-18(9-12-25(26)42-17-29(38)34-20-10-11-22(32)23(33)15-20)14-27-30(39)36(31(40)43-27)16-28(37)35-24-8-4-6-19-5-2-3-7-21(19)24/h2-15H,16-17H2,1H3,(H,34,38)(H,35,37)/b27-14+. The van der Waals surface area contributed by atoms with Crippen molar-refractivity contribution in [3.05, 3.63) is 98.8 Å². The Morgan fingerprint density at radius 2 is 1.74 bits per heavy atom. The van der Waals surface area contributed by atoms with E-state index in [1.807, 2.05) is 36.4 Å². The molecule has 5 rings (SSSR count). The molecular formula is C31H23BrClN3O6S. The van der Waals surface area contributed by atoms with Crippen LogP contribution in [0.15, 0.2) is 88.2 Å². The largest absolute Gasteiger partial charge is 0.493 e.